The van der Waals surface area contributed by atoms with Gasteiger partial charge in [-0.15, -0.1) is 0 Å². The van der Waals surface area contributed by atoms with Crippen molar-refractivity contribution in [3.8, 4) is 0 Å². The molecule has 2 aromatic carbocycles. The number of carbonyl (C=O) groups excluding carboxylic acids is 2. The van der Waals surface area contributed by atoms with Gasteiger partial charge in [0.2, 0.25) is 0 Å². The summed E-state index contributed by atoms with van der Waals surface area (Å²) in [5, 5.41) is 7.78. The summed E-state index contributed by atoms with van der Waals surface area (Å²) in [7, 11) is 0. The lowest BCUT2D eigenvalue weighted by Gasteiger charge is -2.15. The van der Waals surface area contributed by atoms with Gasteiger partial charge in [0, 0.05) is 11.9 Å². The molecular formula is C23H25N3O4. The summed E-state index contributed by atoms with van der Waals surface area (Å²) in [5.74, 6) is -0.844. The number of esters is 1. The second-order valence-electron chi connectivity index (χ2n) is 7.53. The highest BCUT2D eigenvalue weighted by atomic mass is 16.5. The number of hydrogen-bond donors (Lipinski definition) is 1. The molecule has 156 valence electrons. The van der Waals surface area contributed by atoms with Crippen LogP contribution in [-0.2, 0) is 16.1 Å². The number of fused-ring (bicyclic) bond motifs is 1. The standard InChI is InChI=1S/C23H25N3O4/c1-15(2)13-24-21(27)16(3)30-23(29)20-18-11-7-8-12-19(18)22(28)26(25-20)14-17-9-5-4-6-10-17/h4-12,15-16H,13-14H2,1-3H3,(H,24,27)/t16-/m0/s1. The van der Waals surface area contributed by atoms with Crippen LogP contribution < -0.4 is 10.9 Å². The van der Waals surface area contributed by atoms with Crippen molar-refractivity contribution in [2.45, 2.75) is 33.4 Å². The largest absolute Gasteiger partial charge is 0.448 e. The van der Waals surface area contributed by atoms with E-state index in [0.29, 0.717) is 17.3 Å². The first-order valence-corrected chi connectivity index (χ1v) is 9.89. The van der Waals surface area contributed by atoms with Gasteiger partial charge in [-0.3, -0.25) is 9.59 Å². The van der Waals surface area contributed by atoms with Crippen LogP contribution in [0.25, 0.3) is 10.8 Å². The molecule has 0 saturated heterocycles. The van der Waals surface area contributed by atoms with Gasteiger partial charge in [-0.05, 0) is 24.5 Å². The first-order chi connectivity index (χ1) is 14.4. The molecule has 0 saturated carbocycles. The summed E-state index contributed by atoms with van der Waals surface area (Å²) in [5.41, 5.74) is 0.585. The topological polar surface area (TPSA) is 90.3 Å². The Hall–Kier alpha value is -3.48. The van der Waals surface area contributed by atoms with Gasteiger partial charge in [0.05, 0.1) is 11.9 Å². The molecular weight excluding hydrogens is 382 g/mol. The summed E-state index contributed by atoms with van der Waals surface area (Å²) in [4.78, 5) is 37.9. The Balaban J connectivity index is 1.92. The second kappa shape index (κ2) is 9.35. The number of benzene rings is 2. The van der Waals surface area contributed by atoms with Crippen molar-refractivity contribution in [3.63, 3.8) is 0 Å². The highest BCUT2D eigenvalue weighted by molar-refractivity contribution is 6.02. The highest BCUT2D eigenvalue weighted by Gasteiger charge is 2.23. The molecule has 0 fully saturated rings. The molecule has 0 radical (unpaired) electrons. The number of hydrogen-bond acceptors (Lipinski definition) is 5. The van der Waals surface area contributed by atoms with Crippen LogP contribution in [0.5, 0.6) is 0 Å². The number of ether oxygens (including phenoxy) is 1. The molecule has 0 bridgehead atoms. The molecule has 0 aliphatic rings. The average molecular weight is 407 g/mol. The molecule has 3 aromatic rings. The first kappa shape index (κ1) is 21.2. The van der Waals surface area contributed by atoms with Crippen LogP contribution >= 0.6 is 0 Å². The maximum absolute atomic E-state index is 12.9. The van der Waals surface area contributed by atoms with Gasteiger partial charge >= 0.3 is 5.97 Å². The van der Waals surface area contributed by atoms with Crippen LogP contribution in [0.15, 0.2) is 59.4 Å². The quantitative estimate of drug-likeness (QED) is 0.608. The lowest BCUT2D eigenvalue weighted by molar-refractivity contribution is -0.129. The third-order valence-electron chi connectivity index (χ3n) is 4.57. The van der Waals surface area contributed by atoms with Crippen LogP contribution in [0.2, 0.25) is 0 Å². The summed E-state index contributed by atoms with van der Waals surface area (Å²) in [6, 6.07) is 16.1. The number of aromatic nitrogens is 2. The van der Waals surface area contributed by atoms with E-state index < -0.39 is 12.1 Å². The van der Waals surface area contributed by atoms with E-state index in [2.05, 4.69) is 10.4 Å². The Morgan fingerprint density at radius 1 is 1.00 bits per heavy atom. The fourth-order valence-electron chi connectivity index (χ4n) is 2.97. The van der Waals surface area contributed by atoms with E-state index in [4.69, 9.17) is 4.74 Å². The zero-order chi connectivity index (χ0) is 21.7. The van der Waals surface area contributed by atoms with E-state index in [1.54, 1.807) is 24.3 Å². The minimum Gasteiger partial charge on any atom is -0.448 e. The van der Waals surface area contributed by atoms with Crippen molar-refractivity contribution in [2.75, 3.05) is 6.54 Å². The third-order valence-corrected chi connectivity index (χ3v) is 4.57. The van der Waals surface area contributed by atoms with Crippen LogP contribution in [0.4, 0.5) is 0 Å². The zero-order valence-corrected chi connectivity index (χ0v) is 17.3. The normalized spacial score (nSPS) is 12.0. The Bertz CT molecular complexity index is 1110. The maximum atomic E-state index is 12.9. The molecule has 0 aliphatic heterocycles. The van der Waals surface area contributed by atoms with Crippen molar-refractivity contribution in [2.24, 2.45) is 5.92 Å². The van der Waals surface area contributed by atoms with Gasteiger partial charge < -0.3 is 10.1 Å². The summed E-state index contributed by atoms with van der Waals surface area (Å²) < 4.78 is 6.60. The fraction of sp³-hybridized carbons (Fsp3) is 0.304. The number of carbonyl (C=O) groups is 2. The number of nitrogens with one attached hydrogen (secondary N) is 1. The average Bonchev–Trinajstić information content (AvgIpc) is 2.74. The smallest absolute Gasteiger partial charge is 0.360 e. The lowest BCUT2D eigenvalue weighted by atomic mass is 10.1. The van der Waals surface area contributed by atoms with Crippen LogP contribution in [0.3, 0.4) is 0 Å². The minimum atomic E-state index is -0.980. The lowest BCUT2D eigenvalue weighted by Crippen LogP contribution is -2.38. The molecule has 0 aliphatic carbocycles. The second-order valence-corrected chi connectivity index (χ2v) is 7.53. The summed E-state index contributed by atoms with van der Waals surface area (Å²) >= 11 is 0. The molecule has 7 nitrogen and oxygen atoms in total. The molecule has 3 rings (SSSR count). The predicted molar refractivity (Wildman–Crippen MR) is 114 cm³/mol. The number of amides is 1. The highest BCUT2D eigenvalue weighted by Crippen LogP contribution is 2.15. The monoisotopic (exact) mass is 407 g/mol. The SMILES string of the molecule is CC(C)CNC(=O)[C@H](C)OC(=O)c1nn(Cc2ccccc2)c(=O)c2ccccc12. The van der Waals surface area contributed by atoms with Crippen LogP contribution in [0.1, 0.15) is 36.8 Å². The molecule has 0 spiro atoms. The molecule has 1 heterocycles. The third kappa shape index (κ3) is 4.92. The van der Waals surface area contributed by atoms with Gasteiger partial charge in [-0.25, -0.2) is 9.48 Å². The van der Waals surface area contributed by atoms with E-state index in [1.807, 2.05) is 44.2 Å². The minimum absolute atomic E-state index is 0.00430. The molecule has 7 heteroatoms. The zero-order valence-electron chi connectivity index (χ0n) is 17.3. The van der Waals surface area contributed by atoms with E-state index in [-0.39, 0.29) is 29.6 Å². The molecule has 1 atom stereocenters. The molecule has 1 aromatic heterocycles. The van der Waals surface area contributed by atoms with Gasteiger partial charge in [-0.2, -0.15) is 5.10 Å². The Kier molecular flexibility index (Phi) is 6.61. The van der Waals surface area contributed by atoms with Gasteiger partial charge in [0.1, 0.15) is 0 Å². The number of nitrogens with zero attached hydrogens (tertiary/aromatic N) is 2. The predicted octanol–water partition coefficient (Wildman–Crippen LogP) is 2.76. The molecule has 1 N–H and O–H groups in total. The van der Waals surface area contributed by atoms with Crippen molar-refractivity contribution < 1.29 is 14.3 Å². The first-order valence-electron chi connectivity index (χ1n) is 9.89. The maximum Gasteiger partial charge on any atom is 0.360 e. The van der Waals surface area contributed by atoms with E-state index in [1.165, 1.54) is 11.6 Å². The Labute approximate surface area is 174 Å². The Morgan fingerprint density at radius 3 is 2.30 bits per heavy atom. The van der Waals surface area contributed by atoms with Gasteiger partial charge in [0.25, 0.3) is 11.5 Å². The van der Waals surface area contributed by atoms with E-state index >= 15 is 0 Å². The van der Waals surface area contributed by atoms with Crippen LogP contribution in [0, 0.1) is 5.92 Å². The van der Waals surface area contributed by atoms with Crippen molar-refractivity contribution in [3.05, 3.63) is 76.2 Å². The van der Waals surface area contributed by atoms with E-state index in [0.717, 1.165) is 5.56 Å². The molecule has 0 unspecified atom stereocenters. The van der Waals surface area contributed by atoms with E-state index in [9.17, 15) is 14.4 Å². The van der Waals surface area contributed by atoms with Gasteiger partial charge in [-0.1, -0.05) is 62.4 Å². The summed E-state index contributed by atoms with van der Waals surface area (Å²) in [6.45, 7) is 6.17. The van der Waals surface area contributed by atoms with Crippen molar-refractivity contribution >= 4 is 22.6 Å². The fourth-order valence-corrected chi connectivity index (χ4v) is 2.97. The van der Waals surface area contributed by atoms with Gasteiger partial charge in [0.15, 0.2) is 11.8 Å². The van der Waals surface area contributed by atoms with Crippen molar-refractivity contribution in [1.29, 1.82) is 0 Å². The molecule has 1 amide bonds. The van der Waals surface area contributed by atoms with Crippen molar-refractivity contribution in [1.82, 2.24) is 15.1 Å². The summed E-state index contributed by atoms with van der Waals surface area (Å²) in [6.07, 6.45) is -0.980. The number of rotatable bonds is 7. The van der Waals surface area contributed by atoms with Crippen LogP contribution in [-0.4, -0.2) is 34.3 Å². The Morgan fingerprint density at radius 2 is 1.63 bits per heavy atom. The molecule has 30 heavy (non-hydrogen) atoms.